The number of hydrogen-bond acceptors (Lipinski definition) is 22. The number of pyridine rings is 1. The summed E-state index contributed by atoms with van der Waals surface area (Å²) in [5, 5.41) is 1.81. The quantitative estimate of drug-likeness (QED) is 0.0210. The van der Waals surface area contributed by atoms with Gasteiger partial charge < -0.3 is 81.2 Å². The van der Waals surface area contributed by atoms with Gasteiger partial charge in [0, 0.05) is 153 Å². The Bertz CT molecular complexity index is 5350. The Morgan fingerprint density at radius 2 is 0.756 bits per heavy atom. The fourth-order valence-corrected chi connectivity index (χ4v) is 18.6. The minimum Gasteiger partial charge on any atom is -0.496 e. The molecule has 1 aliphatic carbocycles. The summed E-state index contributed by atoms with van der Waals surface area (Å²) in [6.07, 6.45) is 11.2. The fraction of sp³-hybridized carbons (Fsp3) is 0.406. The van der Waals surface area contributed by atoms with Crippen molar-refractivity contribution in [2.45, 2.75) is 173 Å². The van der Waals surface area contributed by atoms with Crippen LogP contribution in [0.1, 0.15) is 178 Å². The second-order valence-corrected chi connectivity index (χ2v) is 35.4. The van der Waals surface area contributed by atoms with Gasteiger partial charge in [0.05, 0.1) is 87.2 Å². The van der Waals surface area contributed by atoms with Crippen LogP contribution in [0, 0.1) is 0 Å². The molecule has 8 aromatic rings. The number of fused-ring (bicyclic) bond motifs is 1. The molecule has 16 rings (SSSR count). The van der Waals surface area contributed by atoms with Crippen LogP contribution in [0.5, 0.6) is 17.2 Å². The first-order valence-electron chi connectivity index (χ1n) is 45.9. The number of ether oxygens (including phenoxy) is 13. The maximum absolute atomic E-state index is 13.6. The van der Waals surface area contributed by atoms with E-state index < -0.39 is 29.7 Å². The third kappa shape index (κ3) is 26.8. The summed E-state index contributed by atoms with van der Waals surface area (Å²) in [5.74, 6) is -1.21. The highest BCUT2D eigenvalue weighted by Gasteiger charge is 2.44. The lowest BCUT2D eigenvalue weighted by Gasteiger charge is -2.36. The van der Waals surface area contributed by atoms with Crippen LogP contribution in [0.15, 0.2) is 239 Å². The molecule has 0 bridgehead atoms. The Labute approximate surface area is 804 Å². The van der Waals surface area contributed by atoms with Crippen molar-refractivity contribution in [2.24, 2.45) is 0 Å². The van der Waals surface area contributed by atoms with E-state index in [9.17, 15) is 38.4 Å². The number of allylic oxidation sites excluding steroid dienone is 4. The van der Waals surface area contributed by atoms with Crippen LogP contribution in [0.3, 0.4) is 0 Å². The van der Waals surface area contributed by atoms with E-state index in [-0.39, 0.29) is 111 Å². The summed E-state index contributed by atoms with van der Waals surface area (Å²) >= 11 is 18.3. The topological polar surface area (TPSA) is 282 Å². The van der Waals surface area contributed by atoms with Gasteiger partial charge in [-0.25, -0.2) is 19.2 Å². The molecule has 0 saturated carbocycles. The number of benzene rings is 7. The van der Waals surface area contributed by atoms with Crippen LogP contribution >= 0.6 is 34.8 Å². The number of amides is 4. The molecule has 26 nitrogen and oxygen atoms in total. The van der Waals surface area contributed by atoms with Gasteiger partial charge in [-0.3, -0.25) is 24.2 Å². The molecule has 0 N–H and O–H groups in total. The van der Waals surface area contributed by atoms with Gasteiger partial charge in [0.25, 0.3) is 0 Å². The number of hydrogen-bond donors (Lipinski definition) is 0. The maximum Gasteiger partial charge on any atom is 0.337 e. The van der Waals surface area contributed by atoms with Crippen LogP contribution in [-0.2, 0) is 112 Å². The van der Waals surface area contributed by atoms with E-state index >= 15 is 0 Å². The van der Waals surface area contributed by atoms with Gasteiger partial charge in [0.2, 0.25) is 23.6 Å². The first-order chi connectivity index (χ1) is 65.5. The Balaban J connectivity index is 0.000000153. The molecule has 3 saturated heterocycles. The zero-order valence-corrected chi connectivity index (χ0v) is 79.9. The Hall–Kier alpha value is -11.6. The van der Waals surface area contributed by atoms with Crippen LogP contribution in [0.25, 0.3) is 0 Å². The molecule has 8 aliphatic rings. The van der Waals surface area contributed by atoms with Crippen LogP contribution < -0.4 is 14.2 Å². The Kier molecular flexibility index (Phi) is 37.2. The number of methoxy groups -OCH3 is 4. The van der Waals surface area contributed by atoms with Crippen LogP contribution in [0.4, 0.5) is 0 Å². The third-order valence-corrected chi connectivity index (χ3v) is 26.2. The summed E-state index contributed by atoms with van der Waals surface area (Å²) in [4.78, 5) is 117. The number of halogens is 3. The number of aryl methyl sites for hydroxylation is 1. The van der Waals surface area contributed by atoms with Crippen molar-refractivity contribution in [3.05, 3.63) is 305 Å². The highest BCUT2D eigenvalue weighted by molar-refractivity contribution is 6.31. The predicted molar refractivity (Wildman–Crippen MR) is 508 cm³/mol. The van der Waals surface area contributed by atoms with Crippen molar-refractivity contribution in [2.75, 3.05) is 107 Å². The fourth-order valence-electron chi connectivity index (χ4n) is 18.2. The van der Waals surface area contributed by atoms with E-state index in [1.165, 1.54) is 5.56 Å². The summed E-state index contributed by atoms with van der Waals surface area (Å²) < 4.78 is 72.1. The van der Waals surface area contributed by atoms with Crippen molar-refractivity contribution < 1.29 is 99.9 Å². The number of nitrogens with zero attached hydrogens (tertiary/aromatic N) is 5. The molecule has 4 amide bonds. The number of esters is 4. The molecule has 8 atom stereocenters. The highest BCUT2D eigenvalue weighted by atomic mass is 35.5. The number of rotatable bonds is 33. The van der Waals surface area contributed by atoms with Crippen molar-refractivity contribution in [3.63, 3.8) is 0 Å². The molecular formula is C106H118Cl3N5O21. The second-order valence-electron chi connectivity index (χ2n) is 34.1. The molecular weight excluding hydrogens is 1790 g/mol. The zero-order chi connectivity index (χ0) is 95.4. The molecule has 0 spiro atoms. The number of carbonyl (C=O) groups excluding carboxylic acids is 8. The molecule has 135 heavy (non-hydrogen) atoms. The average Bonchev–Trinajstić information content (AvgIpc) is 1.75. The van der Waals surface area contributed by atoms with Crippen molar-refractivity contribution in [1.82, 2.24) is 24.6 Å². The van der Waals surface area contributed by atoms with Crippen molar-refractivity contribution >= 4 is 82.3 Å². The molecule has 3 fully saturated rings. The minimum absolute atomic E-state index is 0.00529. The van der Waals surface area contributed by atoms with E-state index in [1.54, 1.807) is 104 Å². The minimum atomic E-state index is -0.449. The number of aromatic nitrogens is 1. The maximum atomic E-state index is 13.6. The van der Waals surface area contributed by atoms with Crippen molar-refractivity contribution in [3.8, 4) is 17.2 Å². The molecule has 29 heteroatoms. The lowest BCUT2D eigenvalue weighted by Crippen LogP contribution is -2.42. The predicted octanol–water partition coefficient (Wildman–Crippen LogP) is 18.2. The van der Waals surface area contributed by atoms with E-state index in [2.05, 4.69) is 11.1 Å². The molecule has 0 radical (unpaired) electrons. The number of carbonyl (C=O) groups is 8. The Morgan fingerprint density at radius 1 is 0.393 bits per heavy atom. The van der Waals surface area contributed by atoms with Crippen LogP contribution in [0.2, 0.25) is 15.1 Å². The average molecular weight is 1900 g/mol. The van der Waals surface area contributed by atoms with Gasteiger partial charge in [0.1, 0.15) is 56.4 Å². The largest absolute Gasteiger partial charge is 0.496 e. The van der Waals surface area contributed by atoms with Gasteiger partial charge in [0.15, 0.2) is 0 Å². The molecule has 7 aromatic carbocycles. The Morgan fingerprint density at radius 3 is 1.15 bits per heavy atom. The monoisotopic (exact) mass is 1900 g/mol. The third-order valence-electron chi connectivity index (χ3n) is 25.4. The van der Waals surface area contributed by atoms with E-state index in [0.29, 0.717) is 138 Å². The van der Waals surface area contributed by atoms with Gasteiger partial charge in [-0.2, -0.15) is 0 Å². The molecule has 1 aromatic heterocycles. The SMILES string of the molecule is CC1=C(C(=O)OC2CCc3ccccc32)[C@H](c2ccc(Cl)cc2)CC(=O)N1C[C@H]1CCCO1.COCCN1C(=O)CC(c2ccncc2)C(C(=O)OCc2ccccc2OC)=C1C.COCCOc1ccc(COC(=O)C2=C(C)N(C[C@@H]3CCCO3)C(=O)C[C@@H]2c2ccc(Cl)cc2)cc1.COCCOc1ccc(COC(=O)C2=C(C)N(C[C@H]3CCCO3)C(=O)C[C@H]2c2ccc(Cl)cc2)cc1. The first-order valence-corrected chi connectivity index (χ1v) is 47.0. The smallest absolute Gasteiger partial charge is 0.337 e. The van der Waals surface area contributed by atoms with Crippen LogP contribution in [-0.4, -0.2) is 198 Å². The molecule has 7 aliphatic heterocycles. The van der Waals surface area contributed by atoms with Gasteiger partial charge in [-0.15, -0.1) is 0 Å². The summed E-state index contributed by atoms with van der Waals surface area (Å²) in [7, 11) is 6.40. The summed E-state index contributed by atoms with van der Waals surface area (Å²) in [6.45, 7) is 13.8. The van der Waals surface area contributed by atoms with E-state index in [4.69, 9.17) is 96.4 Å². The zero-order valence-electron chi connectivity index (χ0n) is 77.6. The molecule has 714 valence electrons. The highest BCUT2D eigenvalue weighted by Crippen LogP contribution is 2.45. The van der Waals surface area contributed by atoms with Gasteiger partial charge >= 0.3 is 23.9 Å². The first kappa shape index (κ1) is 101. The summed E-state index contributed by atoms with van der Waals surface area (Å²) in [5.41, 5.74) is 12.7. The van der Waals surface area contributed by atoms with Gasteiger partial charge in [-0.1, -0.05) is 138 Å². The van der Waals surface area contributed by atoms with E-state index in [0.717, 1.165) is 114 Å². The standard InChI is InChI=1S/2C28H32ClNO6.C27H28ClNO4.C23H26N2O5/c2*1-19-27(28(32)36-18-20-5-11-23(12-6-20)35-15-14-33-2)25(21-7-9-22(29)10-8-21)16-26(31)30(19)17-24-4-3-13-34-24;1-17-26(27(31)33-24-13-10-18-5-2-3-7-22(18)24)23(19-8-11-20(28)12-9-19)15-25(30)29(17)16-21-6-4-14-32-21;1-16-22(23(27)30-15-18-6-4-5-7-20(18)29-3)19(17-8-10-24-11-9-17)14-21(26)25(16)12-13-28-2/h2*5-12,24-25H,3-4,13-18H2,1-2H3;2-3,5,7-9,11-12,21,23-24H,4,6,10,13-16H2,1H3;4-11,19H,12-15H2,1-3H3/t2*24-,25+;21-,23+,24?;/m101./s1. The lowest BCUT2D eigenvalue weighted by atomic mass is 9.83. The second kappa shape index (κ2) is 49.8. The van der Waals surface area contributed by atoms with Crippen molar-refractivity contribution in [1.29, 1.82) is 0 Å². The lowest BCUT2D eigenvalue weighted by molar-refractivity contribution is -0.146. The normalized spacial score (nSPS) is 20.5. The molecule has 2 unspecified atom stereocenters. The number of para-hydroxylation sites is 1. The molecule has 8 heterocycles. The summed E-state index contributed by atoms with van der Waals surface area (Å²) in [6, 6.07) is 55.9. The van der Waals surface area contributed by atoms with E-state index in [1.807, 2.05) is 160 Å². The van der Waals surface area contributed by atoms with Gasteiger partial charge in [-0.05, 0) is 202 Å².